The van der Waals surface area contributed by atoms with Crippen molar-refractivity contribution in [2.75, 3.05) is 5.32 Å². The second kappa shape index (κ2) is 6.64. The maximum Gasteiger partial charge on any atom is 0.223 e. The Morgan fingerprint density at radius 2 is 2.14 bits per heavy atom. The number of thiazole rings is 1. The predicted octanol–water partition coefficient (Wildman–Crippen LogP) is 4.28. The van der Waals surface area contributed by atoms with Crippen molar-refractivity contribution in [1.29, 1.82) is 0 Å². The molecule has 1 saturated carbocycles. The van der Waals surface area contributed by atoms with Crippen molar-refractivity contribution < 1.29 is 5.11 Å². The summed E-state index contributed by atoms with van der Waals surface area (Å²) >= 11 is 7.56. The molecular formula is C15H18ClN3OS. The van der Waals surface area contributed by atoms with Crippen molar-refractivity contribution in [1.82, 2.24) is 10.3 Å². The summed E-state index contributed by atoms with van der Waals surface area (Å²) in [5, 5.41) is 18.9. The summed E-state index contributed by atoms with van der Waals surface area (Å²) < 4.78 is 0. The van der Waals surface area contributed by atoms with Gasteiger partial charge in [0.1, 0.15) is 0 Å². The van der Waals surface area contributed by atoms with Crippen LogP contribution in [0.15, 0.2) is 23.6 Å². The van der Waals surface area contributed by atoms with Crippen molar-refractivity contribution >= 4 is 33.8 Å². The highest BCUT2D eigenvalue weighted by atomic mass is 35.5. The Hall–Kier alpha value is -1.30. The lowest BCUT2D eigenvalue weighted by Gasteiger charge is -2.13. The van der Waals surface area contributed by atoms with E-state index in [0.29, 0.717) is 16.2 Å². The van der Waals surface area contributed by atoms with Gasteiger partial charge in [-0.1, -0.05) is 30.5 Å². The minimum atomic E-state index is 0.0256. The lowest BCUT2D eigenvalue weighted by molar-refractivity contribution is 0.458. The average Bonchev–Trinajstić information content (AvgIpc) is 3.11. The third-order valence-electron chi connectivity index (χ3n) is 3.71. The number of aromatic nitrogens is 1. The largest absolute Gasteiger partial charge is 0.493 e. The number of anilines is 2. The zero-order valence-corrected chi connectivity index (χ0v) is 13.2. The summed E-state index contributed by atoms with van der Waals surface area (Å²) in [7, 11) is 0. The Kier molecular flexibility index (Phi) is 4.63. The maximum atomic E-state index is 9.28. The SMILES string of the molecule is Oc1csc(Nc2cc(CNC3CCCC3)ccc2Cl)n1. The molecule has 2 aromatic rings. The molecule has 1 aromatic heterocycles. The molecule has 1 aliphatic carbocycles. The Morgan fingerprint density at radius 1 is 1.33 bits per heavy atom. The summed E-state index contributed by atoms with van der Waals surface area (Å²) in [4.78, 5) is 3.97. The third kappa shape index (κ3) is 3.87. The first-order valence-electron chi connectivity index (χ1n) is 7.14. The molecule has 0 spiro atoms. The van der Waals surface area contributed by atoms with Crippen LogP contribution < -0.4 is 10.6 Å². The predicted molar refractivity (Wildman–Crippen MR) is 87.6 cm³/mol. The van der Waals surface area contributed by atoms with E-state index in [2.05, 4.69) is 15.6 Å². The molecule has 0 unspecified atom stereocenters. The van der Waals surface area contributed by atoms with Gasteiger partial charge in [-0.25, -0.2) is 0 Å². The summed E-state index contributed by atoms with van der Waals surface area (Å²) in [6.07, 6.45) is 5.21. The molecule has 1 aromatic carbocycles. The zero-order valence-electron chi connectivity index (χ0n) is 11.6. The van der Waals surface area contributed by atoms with Crippen molar-refractivity contribution in [2.45, 2.75) is 38.3 Å². The first kappa shape index (κ1) is 14.6. The second-order valence-electron chi connectivity index (χ2n) is 5.31. The number of aromatic hydroxyl groups is 1. The second-order valence-corrected chi connectivity index (χ2v) is 6.58. The summed E-state index contributed by atoms with van der Waals surface area (Å²) in [5.74, 6) is 0.0256. The van der Waals surface area contributed by atoms with E-state index in [1.165, 1.54) is 42.6 Å². The summed E-state index contributed by atoms with van der Waals surface area (Å²) in [5.41, 5.74) is 2.01. The van der Waals surface area contributed by atoms with Gasteiger partial charge in [-0.2, -0.15) is 4.98 Å². The van der Waals surface area contributed by atoms with E-state index in [0.717, 1.165) is 12.2 Å². The molecule has 0 amide bonds. The summed E-state index contributed by atoms with van der Waals surface area (Å²) in [6, 6.07) is 6.61. The van der Waals surface area contributed by atoms with Crippen LogP contribution in [0.3, 0.4) is 0 Å². The lowest BCUT2D eigenvalue weighted by atomic mass is 10.1. The third-order valence-corrected chi connectivity index (χ3v) is 4.79. The van der Waals surface area contributed by atoms with Gasteiger partial charge in [0.05, 0.1) is 16.1 Å². The molecule has 0 atom stereocenters. The van der Waals surface area contributed by atoms with Gasteiger partial charge < -0.3 is 15.7 Å². The van der Waals surface area contributed by atoms with Crippen LogP contribution in [0.1, 0.15) is 31.2 Å². The number of hydrogen-bond acceptors (Lipinski definition) is 5. The van der Waals surface area contributed by atoms with Crippen LogP contribution in [0, 0.1) is 0 Å². The van der Waals surface area contributed by atoms with E-state index in [1.807, 2.05) is 18.2 Å². The first-order valence-corrected chi connectivity index (χ1v) is 8.40. The fourth-order valence-electron chi connectivity index (χ4n) is 2.61. The fourth-order valence-corrected chi connectivity index (χ4v) is 3.36. The van der Waals surface area contributed by atoms with Gasteiger partial charge in [0.25, 0.3) is 0 Å². The van der Waals surface area contributed by atoms with E-state index < -0.39 is 0 Å². The van der Waals surface area contributed by atoms with Crippen LogP contribution in [0.5, 0.6) is 5.88 Å². The molecule has 4 nitrogen and oxygen atoms in total. The smallest absolute Gasteiger partial charge is 0.223 e. The number of hydrogen-bond donors (Lipinski definition) is 3. The monoisotopic (exact) mass is 323 g/mol. The van der Waals surface area contributed by atoms with Crippen molar-refractivity contribution in [3.05, 3.63) is 34.2 Å². The van der Waals surface area contributed by atoms with Gasteiger partial charge in [-0.05, 0) is 30.5 Å². The highest BCUT2D eigenvalue weighted by Gasteiger charge is 2.14. The molecule has 21 heavy (non-hydrogen) atoms. The number of nitrogens with zero attached hydrogens (tertiary/aromatic N) is 1. The first-order chi connectivity index (χ1) is 10.2. The van der Waals surface area contributed by atoms with E-state index in [-0.39, 0.29) is 5.88 Å². The molecule has 112 valence electrons. The highest BCUT2D eigenvalue weighted by Crippen LogP contribution is 2.29. The molecule has 1 aliphatic rings. The zero-order chi connectivity index (χ0) is 14.7. The molecule has 1 fully saturated rings. The normalized spacial score (nSPS) is 15.5. The average molecular weight is 324 g/mol. The topological polar surface area (TPSA) is 57.2 Å². The van der Waals surface area contributed by atoms with E-state index in [1.54, 1.807) is 5.38 Å². The Bertz CT molecular complexity index is 611. The molecular weight excluding hydrogens is 306 g/mol. The number of halogens is 1. The van der Waals surface area contributed by atoms with Crippen LogP contribution in [-0.2, 0) is 6.54 Å². The van der Waals surface area contributed by atoms with Crippen LogP contribution >= 0.6 is 22.9 Å². The van der Waals surface area contributed by atoms with Crippen molar-refractivity contribution in [2.24, 2.45) is 0 Å². The minimum Gasteiger partial charge on any atom is -0.493 e. The molecule has 3 rings (SSSR count). The quantitative estimate of drug-likeness (QED) is 0.768. The molecule has 6 heteroatoms. The van der Waals surface area contributed by atoms with Crippen LogP contribution in [0.4, 0.5) is 10.8 Å². The fraction of sp³-hybridized carbons (Fsp3) is 0.400. The summed E-state index contributed by atoms with van der Waals surface area (Å²) in [6.45, 7) is 0.847. The molecule has 0 saturated heterocycles. The van der Waals surface area contributed by atoms with Crippen LogP contribution in [-0.4, -0.2) is 16.1 Å². The highest BCUT2D eigenvalue weighted by molar-refractivity contribution is 7.14. The van der Waals surface area contributed by atoms with Crippen LogP contribution in [0.25, 0.3) is 0 Å². The van der Waals surface area contributed by atoms with Crippen molar-refractivity contribution in [3.8, 4) is 5.88 Å². The molecule has 0 radical (unpaired) electrons. The number of benzene rings is 1. The molecule has 3 N–H and O–H groups in total. The Labute approximate surface area is 133 Å². The standard InChI is InChI=1S/C15H18ClN3OS/c16-12-6-5-10(8-17-11-3-1-2-4-11)7-13(12)18-15-19-14(20)9-21-15/h5-7,9,11,17,20H,1-4,8H2,(H,18,19). The maximum absolute atomic E-state index is 9.28. The van der Waals surface area contributed by atoms with Gasteiger partial charge in [0.2, 0.25) is 5.88 Å². The molecule has 1 heterocycles. The number of nitrogens with one attached hydrogen (secondary N) is 2. The van der Waals surface area contributed by atoms with Crippen molar-refractivity contribution in [3.63, 3.8) is 0 Å². The van der Waals surface area contributed by atoms with Gasteiger partial charge in [0, 0.05) is 12.6 Å². The van der Waals surface area contributed by atoms with E-state index >= 15 is 0 Å². The Morgan fingerprint density at radius 3 is 2.86 bits per heavy atom. The minimum absolute atomic E-state index is 0.0256. The van der Waals surface area contributed by atoms with Gasteiger partial charge >= 0.3 is 0 Å². The van der Waals surface area contributed by atoms with Crippen LogP contribution in [0.2, 0.25) is 5.02 Å². The molecule has 0 bridgehead atoms. The molecule has 0 aliphatic heterocycles. The Balaban J connectivity index is 1.66. The van der Waals surface area contributed by atoms with Gasteiger partial charge in [0.15, 0.2) is 5.13 Å². The lowest BCUT2D eigenvalue weighted by Crippen LogP contribution is -2.25. The van der Waals surface area contributed by atoms with Gasteiger partial charge in [-0.15, -0.1) is 11.3 Å². The van der Waals surface area contributed by atoms with E-state index in [4.69, 9.17) is 11.6 Å². The van der Waals surface area contributed by atoms with Gasteiger partial charge in [-0.3, -0.25) is 0 Å². The van der Waals surface area contributed by atoms with E-state index in [9.17, 15) is 5.11 Å². The number of rotatable bonds is 5.